The Balaban J connectivity index is 1.56. The van der Waals surface area contributed by atoms with E-state index in [9.17, 15) is 13.2 Å². The summed E-state index contributed by atoms with van der Waals surface area (Å²) in [6.45, 7) is 2.18. The summed E-state index contributed by atoms with van der Waals surface area (Å²) >= 11 is 0. The van der Waals surface area contributed by atoms with E-state index >= 15 is 0 Å². The van der Waals surface area contributed by atoms with Gasteiger partial charge in [-0.05, 0) is 63.2 Å². The molecule has 0 saturated carbocycles. The summed E-state index contributed by atoms with van der Waals surface area (Å²) in [6.07, 6.45) is -2.47. The van der Waals surface area contributed by atoms with Crippen molar-refractivity contribution in [3.05, 3.63) is 90.5 Å². The Bertz CT molecular complexity index is 1140. The highest BCUT2D eigenvalue weighted by atomic mass is 19.4. The maximum absolute atomic E-state index is 12.4. The van der Waals surface area contributed by atoms with E-state index in [0.29, 0.717) is 5.39 Å². The van der Waals surface area contributed by atoms with Gasteiger partial charge in [0.15, 0.2) is 0 Å². The van der Waals surface area contributed by atoms with Crippen LogP contribution in [0.5, 0.6) is 5.75 Å². The summed E-state index contributed by atoms with van der Waals surface area (Å²) in [5, 5.41) is 1.56. The lowest BCUT2D eigenvalue weighted by molar-refractivity contribution is -0.274. The van der Waals surface area contributed by atoms with E-state index in [1.165, 1.54) is 23.3 Å². The Kier molecular flexibility index (Phi) is 5.49. The predicted octanol–water partition coefficient (Wildman–Crippen LogP) is 8.02. The molecule has 0 spiro atoms. The Morgan fingerprint density at radius 1 is 0.633 bits per heavy atom. The normalized spacial score (nSPS) is 11.6. The molecule has 0 atom stereocenters. The Labute approximate surface area is 173 Å². The summed E-state index contributed by atoms with van der Waals surface area (Å²) in [4.78, 5) is 0. The lowest BCUT2D eigenvalue weighted by Gasteiger charge is -2.10. The lowest BCUT2D eigenvalue weighted by atomic mass is 9.97. The zero-order valence-corrected chi connectivity index (χ0v) is 16.5. The van der Waals surface area contributed by atoms with E-state index < -0.39 is 6.36 Å². The van der Waals surface area contributed by atoms with Gasteiger partial charge in [0.25, 0.3) is 0 Å². The number of fused-ring (bicyclic) bond motifs is 1. The van der Waals surface area contributed by atoms with E-state index in [-0.39, 0.29) is 5.75 Å². The molecule has 4 heteroatoms. The predicted molar refractivity (Wildman–Crippen MR) is 115 cm³/mol. The number of hydrogen-bond acceptors (Lipinski definition) is 1. The Morgan fingerprint density at radius 3 is 1.73 bits per heavy atom. The number of aryl methyl sites for hydroxylation is 1. The van der Waals surface area contributed by atoms with Crippen molar-refractivity contribution in [2.75, 3.05) is 0 Å². The second-order valence-corrected chi connectivity index (χ2v) is 7.30. The zero-order valence-electron chi connectivity index (χ0n) is 16.5. The first-order valence-electron chi connectivity index (χ1n) is 9.90. The van der Waals surface area contributed by atoms with Gasteiger partial charge in [-0.15, -0.1) is 13.2 Å². The molecule has 30 heavy (non-hydrogen) atoms. The Hall–Kier alpha value is -3.27. The third-order valence-corrected chi connectivity index (χ3v) is 5.09. The topological polar surface area (TPSA) is 9.23 Å². The molecule has 0 amide bonds. The zero-order chi connectivity index (χ0) is 21.1. The van der Waals surface area contributed by atoms with E-state index in [0.717, 1.165) is 34.9 Å². The van der Waals surface area contributed by atoms with Crippen molar-refractivity contribution in [2.45, 2.75) is 26.1 Å². The van der Waals surface area contributed by atoms with Crippen LogP contribution < -0.4 is 4.74 Å². The summed E-state index contributed by atoms with van der Waals surface area (Å²) in [5.74, 6) is -0.211. The molecule has 0 heterocycles. The molecule has 0 aliphatic rings. The maximum Gasteiger partial charge on any atom is 0.573 e. The van der Waals surface area contributed by atoms with Crippen LogP contribution in [-0.4, -0.2) is 6.36 Å². The van der Waals surface area contributed by atoms with Crippen molar-refractivity contribution in [1.29, 1.82) is 0 Å². The molecular weight excluding hydrogens is 385 g/mol. The van der Waals surface area contributed by atoms with Gasteiger partial charge in [0.05, 0.1) is 0 Å². The van der Waals surface area contributed by atoms with Crippen LogP contribution in [0.15, 0.2) is 84.9 Å². The van der Waals surface area contributed by atoms with Gasteiger partial charge in [0.1, 0.15) is 5.75 Å². The molecule has 0 radical (unpaired) electrons. The molecule has 0 aromatic heterocycles. The quantitative estimate of drug-likeness (QED) is 0.326. The van der Waals surface area contributed by atoms with Crippen molar-refractivity contribution in [3.8, 4) is 28.0 Å². The SMILES string of the molecule is CCCc1ccc(-c2ccc(-c3ccc4cc(OC(F)(F)F)ccc4c3)cc2)cc1. The minimum absolute atomic E-state index is 0.211. The van der Waals surface area contributed by atoms with Crippen molar-refractivity contribution < 1.29 is 17.9 Å². The maximum atomic E-state index is 12.4. The first-order chi connectivity index (χ1) is 14.4. The second kappa shape index (κ2) is 8.23. The van der Waals surface area contributed by atoms with Crippen LogP contribution in [0.25, 0.3) is 33.0 Å². The fourth-order valence-corrected chi connectivity index (χ4v) is 3.61. The molecule has 0 saturated heterocycles. The van der Waals surface area contributed by atoms with E-state index in [1.54, 1.807) is 6.07 Å². The number of alkyl halides is 3. The molecular formula is C26H21F3O. The number of ether oxygens (including phenoxy) is 1. The third-order valence-electron chi connectivity index (χ3n) is 5.09. The molecule has 0 aliphatic carbocycles. The largest absolute Gasteiger partial charge is 0.573 e. The van der Waals surface area contributed by atoms with Crippen LogP contribution in [0.4, 0.5) is 13.2 Å². The van der Waals surface area contributed by atoms with Gasteiger partial charge in [-0.25, -0.2) is 0 Å². The standard InChI is InChI=1S/C26H21F3O/c1-2-3-18-4-6-19(7-5-18)20-8-10-21(11-9-20)22-12-13-24-17-25(30-26(27,28)29)15-14-23(24)16-22/h4-17H,2-3H2,1H3. The Morgan fingerprint density at radius 2 is 1.13 bits per heavy atom. The molecule has 0 aliphatic heterocycles. The van der Waals surface area contributed by atoms with Crippen molar-refractivity contribution in [3.63, 3.8) is 0 Å². The van der Waals surface area contributed by atoms with Crippen LogP contribution in [0.3, 0.4) is 0 Å². The number of halogens is 3. The van der Waals surface area contributed by atoms with E-state index in [4.69, 9.17) is 0 Å². The molecule has 152 valence electrons. The third kappa shape index (κ3) is 4.65. The average molecular weight is 406 g/mol. The van der Waals surface area contributed by atoms with Crippen molar-refractivity contribution in [1.82, 2.24) is 0 Å². The van der Waals surface area contributed by atoms with Crippen LogP contribution in [-0.2, 0) is 6.42 Å². The molecule has 0 N–H and O–H groups in total. The highest BCUT2D eigenvalue weighted by Crippen LogP contribution is 2.31. The van der Waals surface area contributed by atoms with Gasteiger partial charge in [-0.1, -0.05) is 80.1 Å². The molecule has 0 bridgehead atoms. The smallest absolute Gasteiger partial charge is 0.406 e. The monoisotopic (exact) mass is 406 g/mol. The van der Waals surface area contributed by atoms with Gasteiger partial charge < -0.3 is 4.74 Å². The molecule has 4 aromatic rings. The van der Waals surface area contributed by atoms with Crippen LogP contribution in [0.2, 0.25) is 0 Å². The summed E-state index contributed by atoms with van der Waals surface area (Å²) < 4.78 is 41.2. The minimum Gasteiger partial charge on any atom is -0.406 e. The summed E-state index contributed by atoms with van der Waals surface area (Å²) in [7, 11) is 0. The van der Waals surface area contributed by atoms with Gasteiger partial charge in [0, 0.05) is 0 Å². The van der Waals surface area contributed by atoms with Crippen LogP contribution in [0, 0.1) is 0 Å². The van der Waals surface area contributed by atoms with Gasteiger partial charge in [-0.3, -0.25) is 0 Å². The molecule has 0 unspecified atom stereocenters. The van der Waals surface area contributed by atoms with E-state index in [1.807, 2.05) is 18.2 Å². The number of benzene rings is 4. The number of rotatable bonds is 5. The number of hydrogen-bond donors (Lipinski definition) is 0. The lowest BCUT2D eigenvalue weighted by Crippen LogP contribution is -2.16. The second-order valence-electron chi connectivity index (χ2n) is 7.30. The molecule has 4 aromatic carbocycles. The molecule has 4 rings (SSSR count). The minimum atomic E-state index is -4.69. The fourth-order valence-electron chi connectivity index (χ4n) is 3.61. The van der Waals surface area contributed by atoms with Crippen molar-refractivity contribution >= 4 is 10.8 Å². The van der Waals surface area contributed by atoms with Gasteiger partial charge in [0.2, 0.25) is 0 Å². The first kappa shape index (κ1) is 20.0. The highest BCUT2D eigenvalue weighted by Gasteiger charge is 2.31. The molecule has 1 nitrogen and oxygen atoms in total. The van der Waals surface area contributed by atoms with E-state index in [2.05, 4.69) is 60.2 Å². The van der Waals surface area contributed by atoms with Crippen LogP contribution >= 0.6 is 0 Å². The summed E-state index contributed by atoms with van der Waals surface area (Å²) in [6, 6.07) is 27.0. The highest BCUT2D eigenvalue weighted by molar-refractivity contribution is 5.88. The fraction of sp³-hybridized carbons (Fsp3) is 0.154. The summed E-state index contributed by atoms with van der Waals surface area (Å²) in [5.41, 5.74) is 5.74. The van der Waals surface area contributed by atoms with Crippen molar-refractivity contribution in [2.24, 2.45) is 0 Å². The molecule has 0 fully saturated rings. The van der Waals surface area contributed by atoms with Crippen LogP contribution in [0.1, 0.15) is 18.9 Å². The van der Waals surface area contributed by atoms with Gasteiger partial charge in [-0.2, -0.15) is 0 Å². The average Bonchev–Trinajstić information content (AvgIpc) is 2.73. The first-order valence-corrected chi connectivity index (χ1v) is 9.90. The van der Waals surface area contributed by atoms with Gasteiger partial charge >= 0.3 is 6.36 Å².